The van der Waals surface area contributed by atoms with Gasteiger partial charge in [0, 0.05) is 10.6 Å². The van der Waals surface area contributed by atoms with Crippen LogP contribution in [0.2, 0.25) is 5.02 Å². The fourth-order valence-corrected chi connectivity index (χ4v) is 3.84. The van der Waals surface area contributed by atoms with Crippen LogP contribution in [0.3, 0.4) is 0 Å². The number of carbonyl (C=O) groups is 2. The van der Waals surface area contributed by atoms with Gasteiger partial charge in [-0.2, -0.15) is 0 Å². The van der Waals surface area contributed by atoms with Gasteiger partial charge in [-0.3, -0.25) is 5.32 Å². The second-order valence-corrected chi connectivity index (χ2v) is 8.15. The van der Waals surface area contributed by atoms with Gasteiger partial charge in [0.1, 0.15) is 12.4 Å². The van der Waals surface area contributed by atoms with Crippen LogP contribution < -0.4 is 5.32 Å². The molecule has 0 saturated heterocycles. The first kappa shape index (κ1) is 23.0. The summed E-state index contributed by atoms with van der Waals surface area (Å²) in [5.41, 5.74) is 1.71. The maximum atomic E-state index is 13.8. The topological polar surface area (TPSA) is 84.9 Å². The Morgan fingerprint density at radius 3 is 2.32 bits per heavy atom. The molecular formula is C23H25ClFNO5. The van der Waals surface area contributed by atoms with E-state index in [1.165, 1.54) is 18.2 Å². The molecular weight excluding hydrogens is 425 g/mol. The van der Waals surface area contributed by atoms with Crippen LogP contribution in [0.5, 0.6) is 0 Å². The van der Waals surface area contributed by atoms with Crippen molar-refractivity contribution >= 4 is 29.4 Å². The second kappa shape index (κ2) is 11.1. The van der Waals surface area contributed by atoms with E-state index in [0.717, 1.165) is 31.2 Å². The molecule has 0 heterocycles. The number of ether oxygens (including phenoxy) is 2. The molecule has 1 amide bonds. The Labute approximate surface area is 185 Å². The minimum Gasteiger partial charge on any atom is -0.480 e. The van der Waals surface area contributed by atoms with Crippen LogP contribution in [0, 0.1) is 17.7 Å². The molecule has 0 atom stereocenters. The van der Waals surface area contributed by atoms with Gasteiger partial charge < -0.3 is 14.6 Å². The highest BCUT2D eigenvalue weighted by Gasteiger charge is 2.23. The third-order valence-corrected chi connectivity index (χ3v) is 5.62. The maximum absolute atomic E-state index is 13.8. The molecule has 2 aromatic carbocycles. The molecule has 1 saturated carbocycles. The van der Waals surface area contributed by atoms with E-state index >= 15 is 0 Å². The van der Waals surface area contributed by atoms with Crippen molar-refractivity contribution in [2.45, 2.75) is 25.7 Å². The summed E-state index contributed by atoms with van der Waals surface area (Å²) in [4.78, 5) is 22.8. The van der Waals surface area contributed by atoms with Gasteiger partial charge in [-0.25, -0.2) is 14.0 Å². The standard InChI is InChI=1S/C23H25ClFNO5/c24-18-7-5-17(6-8-18)20-11-19(25)9-10-21(20)26-23(29)31-13-16-3-1-15(2-4-16)12-30-14-22(27)28/h5-11,15-16H,1-4,12-14H2,(H,26,29)(H,27,28). The Bertz CT molecular complexity index is 897. The smallest absolute Gasteiger partial charge is 0.411 e. The number of nitrogens with one attached hydrogen (secondary N) is 1. The van der Waals surface area contributed by atoms with Crippen LogP contribution in [0.1, 0.15) is 25.7 Å². The third-order valence-electron chi connectivity index (χ3n) is 5.37. The zero-order valence-electron chi connectivity index (χ0n) is 17.0. The van der Waals surface area contributed by atoms with Gasteiger partial charge in [-0.05, 0) is 73.4 Å². The van der Waals surface area contributed by atoms with E-state index in [4.69, 9.17) is 26.2 Å². The molecule has 2 N–H and O–H groups in total. The lowest BCUT2D eigenvalue weighted by Crippen LogP contribution is -2.25. The molecule has 166 valence electrons. The van der Waals surface area contributed by atoms with Crippen LogP contribution in [-0.2, 0) is 14.3 Å². The summed E-state index contributed by atoms with van der Waals surface area (Å²) >= 11 is 5.92. The summed E-state index contributed by atoms with van der Waals surface area (Å²) in [5.74, 6) is -0.780. The number of benzene rings is 2. The number of carboxylic acids is 1. The molecule has 8 heteroatoms. The van der Waals surface area contributed by atoms with Crippen LogP contribution in [0.25, 0.3) is 11.1 Å². The van der Waals surface area contributed by atoms with Crippen molar-refractivity contribution in [1.82, 2.24) is 0 Å². The zero-order valence-corrected chi connectivity index (χ0v) is 17.7. The lowest BCUT2D eigenvalue weighted by atomic mass is 9.83. The fourth-order valence-electron chi connectivity index (χ4n) is 3.71. The van der Waals surface area contributed by atoms with Crippen molar-refractivity contribution in [3.8, 4) is 11.1 Å². The first-order chi connectivity index (χ1) is 14.9. The van der Waals surface area contributed by atoms with Crippen LogP contribution in [0.15, 0.2) is 42.5 Å². The average Bonchev–Trinajstić information content (AvgIpc) is 2.75. The van der Waals surface area contributed by atoms with Gasteiger partial charge >= 0.3 is 12.1 Å². The third kappa shape index (κ3) is 7.22. The monoisotopic (exact) mass is 449 g/mol. The van der Waals surface area contributed by atoms with Gasteiger partial charge in [0.25, 0.3) is 0 Å². The predicted octanol–water partition coefficient (Wildman–Crippen LogP) is 5.60. The predicted molar refractivity (Wildman–Crippen MR) is 116 cm³/mol. The minimum atomic E-state index is -0.964. The number of rotatable bonds is 8. The Morgan fingerprint density at radius 2 is 1.68 bits per heavy atom. The van der Waals surface area contributed by atoms with E-state index in [1.807, 2.05) is 0 Å². The molecule has 2 aromatic rings. The number of carboxylic acid groups (broad SMARTS) is 1. The number of aliphatic carboxylic acids is 1. The lowest BCUT2D eigenvalue weighted by Gasteiger charge is -2.27. The number of hydrogen-bond donors (Lipinski definition) is 2. The molecule has 0 aliphatic heterocycles. The van der Waals surface area contributed by atoms with Crippen molar-refractivity contribution in [3.05, 3.63) is 53.3 Å². The van der Waals surface area contributed by atoms with Crippen LogP contribution in [0.4, 0.5) is 14.9 Å². The fraction of sp³-hybridized carbons (Fsp3) is 0.391. The van der Waals surface area contributed by atoms with Crippen LogP contribution in [-0.4, -0.2) is 37.0 Å². The van der Waals surface area contributed by atoms with E-state index in [9.17, 15) is 14.0 Å². The quantitative estimate of drug-likeness (QED) is 0.547. The van der Waals surface area contributed by atoms with Crippen molar-refractivity contribution < 1.29 is 28.6 Å². The number of carbonyl (C=O) groups excluding carboxylic acids is 1. The summed E-state index contributed by atoms with van der Waals surface area (Å²) in [6.45, 7) is 0.467. The summed E-state index contributed by atoms with van der Waals surface area (Å²) in [5, 5.41) is 11.9. The Kier molecular flexibility index (Phi) is 8.26. The van der Waals surface area contributed by atoms with Crippen molar-refractivity contribution in [2.24, 2.45) is 11.8 Å². The van der Waals surface area contributed by atoms with E-state index in [0.29, 0.717) is 35.4 Å². The summed E-state index contributed by atoms with van der Waals surface area (Å²) in [6.07, 6.45) is 3.01. The molecule has 0 aromatic heterocycles. The number of amides is 1. The maximum Gasteiger partial charge on any atom is 0.411 e. The molecule has 31 heavy (non-hydrogen) atoms. The Balaban J connectivity index is 1.48. The summed E-state index contributed by atoms with van der Waals surface area (Å²) in [7, 11) is 0. The first-order valence-electron chi connectivity index (χ1n) is 10.2. The highest BCUT2D eigenvalue weighted by molar-refractivity contribution is 6.30. The molecule has 3 rings (SSSR count). The number of anilines is 1. The molecule has 1 aliphatic rings. The summed E-state index contributed by atoms with van der Waals surface area (Å²) in [6, 6.07) is 11.1. The highest BCUT2D eigenvalue weighted by atomic mass is 35.5. The zero-order chi connectivity index (χ0) is 22.2. The molecule has 0 bridgehead atoms. The molecule has 1 aliphatic carbocycles. The minimum absolute atomic E-state index is 0.255. The SMILES string of the molecule is O=C(O)COCC1CCC(COC(=O)Nc2ccc(F)cc2-c2ccc(Cl)cc2)CC1. The molecule has 1 fully saturated rings. The molecule has 0 radical (unpaired) electrons. The van der Waals surface area contributed by atoms with E-state index in [1.54, 1.807) is 24.3 Å². The summed E-state index contributed by atoms with van der Waals surface area (Å²) < 4.78 is 24.3. The molecule has 6 nitrogen and oxygen atoms in total. The molecule has 0 spiro atoms. The van der Waals surface area contributed by atoms with Gasteiger partial charge in [0.2, 0.25) is 0 Å². The lowest BCUT2D eigenvalue weighted by molar-refractivity contribution is -0.142. The van der Waals surface area contributed by atoms with Gasteiger partial charge in [0.15, 0.2) is 0 Å². The highest BCUT2D eigenvalue weighted by Crippen LogP contribution is 2.31. The van der Waals surface area contributed by atoms with E-state index < -0.39 is 17.9 Å². The van der Waals surface area contributed by atoms with Gasteiger partial charge in [-0.1, -0.05) is 23.7 Å². The first-order valence-corrected chi connectivity index (χ1v) is 10.6. The van der Waals surface area contributed by atoms with Crippen molar-refractivity contribution in [3.63, 3.8) is 0 Å². The number of hydrogen-bond acceptors (Lipinski definition) is 4. The van der Waals surface area contributed by atoms with E-state index in [-0.39, 0.29) is 12.5 Å². The second-order valence-electron chi connectivity index (χ2n) is 7.72. The Morgan fingerprint density at radius 1 is 1.03 bits per heavy atom. The van der Waals surface area contributed by atoms with Crippen LogP contribution >= 0.6 is 11.6 Å². The molecule has 0 unspecified atom stereocenters. The van der Waals surface area contributed by atoms with Crippen molar-refractivity contribution in [1.29, 1.82) is 0 Å². The number of halogens is 2. The Hall–Kier alpha value is -2.64. The van der Waals surface area contributed by atoms with Gasteiger partial charge in [-0.15, -0.1) is 0 Å². The average molecular weight is 450 g/mol. The largest absolute Gasteiger partial charge is 0.480 e. The van der Waals surface area contributed by atoms with E-state index in [2.05, 4.69) is 5.32 Å². The van der Waals surface area contributed by atoms with Crippen molar-refractivity contribution in [2.75, 3.05) is 25.1 Å². The normalized spacial score (nSPS) is 18.4. The van der Waals surface area contributed by atoms with Gasteiger partial charge in [0.05, 0.1) is 18.9 Å².